The first-order valence-corrected chi connectivity index (χ1v) is 12.6. The summed E-state index contributed by atoms with van der Waals surface area (Å²) in [6.45, 7) is 10.1. The van der Waals surface area contributed by atoms with E-state index >= 15 is 0 Å². The molecule has 0 aliphatic heterocycles. The van der Waals surface area contributed by atoms with E-state index in [0.717, 1.165) is 51.4 Å². The summed E-state index contributed by atoms with van der Waals surface area (Å²) in [4.78, 5) is 26.4. The van der Waals surface area contributed by atoms with Gasteiger partial charge in [0.15, 0.2) is 0 Å². The van der Waals surface area contributed by atoms with Crippen LogP contribution in [-0.4, -0.2) is 60.1 Å². The summed E-state index contributed by atoms with van der Waals surface area (Å²) in [7, 11) is 0. The summed E-state index contributed by atoms with van der Waals surface area (Å²) < 4.78 is 0. The fraction of sp³-hybridized carbons (Fsp3) is 0.769. The van der Waals surface area contributed by atoms with Crippen LogP contribution in [0.25, 0.3) is 0 Å². The van der Waals surface area contributed by atoms with Crippen LogP contribution in [0.5, 0.6) is 0 Å². The van der Waals surface area contributed by atoms with Crippen LogP contribution in [0, 0.1) is 0 Å². The zero-order valence-corrected chi connectivity index (χ0v) is 21.1. The molecular formula is C26H49N3O3. The molecule has 0 rings (SSSR count). The standard InChI is InChI=1S/C26H49N3O3/c1-5-7-9-11-13-15-17-25(31)27-23(3)21-29(19-20-30)22-24(4)28-26(32)18-16-14-12-10-8-6-2/h7-10,23-24,30H,5-6,11-22H2,1-4H3,(H,27,31)(H,28,32)/b9-7+,10-8+. The second kappa shape index (κ2) is 21.2. The minimum atomic E-state index is -0.00638. The van der Waals surface area contributed by atoms with Crippen molar-refractivity contribution in [3.63, 3.8) is 0 Å². The number of nitrogens with zero attached hydrogens (tertiary/aromatic N) is 1. The number of carbonyl (C=O) groups excluding carboxylic acids is 2. The Kier molecular flexibility index (Phi) is 20.1. The Morgan fingerprint density at radius 3 is 1.59 bits per heavy atom. The number of hydrogen-bond acceptors (Lipinski definition) is 4. The molecule has 0 aromatic rings. The molecule has 0 bridgehead atoms. The lowest BCUT2D eigenvalue weighted by Gasteiger charge is -2.28. The molecule has 0 saturated heterocycles. The Morgan fingerprint density at radius 1 is 0.781 bits per heavy atom. The van der Waals surface area contributed by atoms with E-state index in [4.69, 9.17) is 0 Å². The summed E-state index contributed by atoms with van der Waals surface area (Å²) in [5.74, 6) is 0.159. The van der Waals surface area contributed by atoms with Gasteiger partial charge in [-0.1, -0.05) is 38.2 Å². The summed E-state index contributed by atoms with van der Waals surface area (Å²) in [5, 5.41) is 15.5. The molecular weight excluding hydrogens is 402 g/mol. The number of amides is 2. The summed E-state index contributed by atoms with van der Waals surface area (Å²) in [6.07, 6.45) is 17.8. The first-order valence-electron chi connectivity index (χ1n) is 12.6. The molecule has 186 valence electrons. The lowest BCUT2D eigenvalue weighted by molar-refractivity contribution is -0.122. The third-order valence-corrected chi connectivity index (χ3v) is 5.15. The van der Waals surface area contributed by atoms with Gasteiger partial charge in [-0.3, -0.25) is 14.5 Å². The molecule has 2 unspecified atom stereocenters. The summed E-state index contributed by atoms with van der Waals surface area (Å²) in [6, 6.07) is -0.0128. The van der Waals surface area contributed by atoms with Gasteiger partial charge < -0.3 is 15.7 Å². The van der Waals surface area contributed by atoms with Gasteiger partial charge in [-0.15, -0.1) is 0 Å². The maximum absolute atomic E-state index is 12.2. The SMILES string of the molecule is CC/C=C/CCCCC(=O)NC(C)CN(CCO)CC(C)NC(=O)CCCC/C=C/CC. The highest BCUT2D eigenvalue weighted by Crippen LogP contribution is 2.04. The Bertz CT molecular complexity index is 490. The Labute approximate surface area is 196 Å². The van der Waals surface area contributed by atoms with Crippen LogP contribution in [0.3, 0.4) is 0 Å². The van der Waals surface area contributed by atoms with Crippen molar-refractivity contribution in [2.45, 2.75) is 104 Å². The first kappa shape index (κ1) is 30.3. The van der Waals surface area contributed by atoms with Crippen molar-refractivity contribution in [2.24, 2.45) is 0 Å². The summed E-state index contributed by atoms with van der Waals surface area (Å²) >= 11 is 0. The van der Waals surface area contributed by atoms with Crippen LogP contribution in [0.4, 0.5) is 0 Å². The Morgan fingerprint density at radius 2 is 1.22 bits per heavy atom. The maximum Gasteiger partial charge on any atom is 0.220 e. The quantitative estimate of drug-likeness (QED) is 0.190. The summed E-state index contributed by atoms with van der Waals surface area (Å²) in [5.41, 5.74) is 0. The predicted molar refractivity (Wildman–Crippen MR) is 135 cm³/mol. The molecule has 0 aromatic carbocycles. The van der Waals surface area contributed by atoms with E-state index in [1.54, 1.807) is 0 Å². The van der Waals surface area contributed by atoms with Crippen molar-refractivity contribution in [2.75, 3.05) is 26.2 Å². The molecule has 0 aliphatic rings. The van der Waals surface area contributed by atoms with Crippen LogP contribution in [-0.2, 0) is 9.59 Å². The molecule has 0 fully saturated rings. The van der Waals surface area contributed by atoms with Crippen LogP contribution < -0.4 is 10.6 Å². The molecule has 0 aliphatic carbocycles. The first-order chi connectivity index (χ1) is 15.4. The zero-order chi connectivity index (χ0) is 24.0. The number of nitrogens with one attached hydrogen (secondary N) is 2. The van der Waals surface area contributed by atoms with E-state index in [1.807, 2.05) is 13.8 Å². The van der Waals surface area contributed by atoms with Gasteiger partial charge in [0.05, 0.1) is 6.61 Å². The predicted octanol–water partition coefficient (Wildman–Crippen LogP) is 4.34. The molecule has 0 radical (unpaired) electrons. The van der Waals surface area contributed by atoms with Gasteiger partial charge in [0.2, 0.25) is 11.8 Å². The molecule has 6 heteroatoms. The van der Waals surface area contributed by atoms with Crippen molar-refractivity contribution in [1.29, 1.82) is 0 Å². The van der Waals surface area contributed by atoms with Crippen molar-refractivity contribution < 1.29 is 14.7 Å². The lowest BCUT2D eigenvalue weighted by Crippen LogP contribution is -2.48. The zero-order valence-electron chi connectivity index (χ0n) is 21.1. The minimum Gasteiger partial charge on any atom is -0.395 e. The number of allylic oxidation sites excluding steroid dienone is 4. The highest BCUT2D eigenvalue weighted by molar-refractivity contribution is 5.76. The topological polar surface area (TPSA) is 81.7 Å². The number of hydrogen-bond donors (Lipinski definition) is 3. The van der Waals surface area contributed by atoms with Gasteiger partial charge in [0, 0.05) is 44.6 Å². The number of rotatable bonds is 20. The van der Waals surface area contributed by atoms with Gasteiger partial charge in [-0.2, -0.15) is 0 Å². The van der Waals surface area contributed by atoms with Crippen molar-refractivity contribution in [1.82, 2.24) is 15.5 Å². The molecule has 0 spiro atoms. The van der Waals surface area contributed by atoms with E-state index in [1.165, 1.54) is 0 Å². The average molecular weight is 452 g/mol. The molecule has 2 amide bonds. The average Bonchev–Trinajstić information content (AvgIpc) is 2.73. The highest BCUT2D eigenvalue weighted by Gasteiger charge is 2.16. The van der Waals surface area contributed by atoms with E-state index in [9.17, 15) is 14.7 Å². The van der Waals surface area contributed by atoms with Gasteiger partial charge in [-0.05, 0) is 65.2 Å². The molecule has 32 heavy (non-hydrogen) atoms. The van der Waals surface area contributed by atoms with Crippen LogP contribution in [0.15, 0.2) is 24.3 Å². The molecule has 2 atom stereocenters. The largest absolute Gasteiger partial charge is 0.395 e. The van der Waals surface area contributed by atoms with Gasteiger partial charge in [0.25, 0.3) is 0 Å². The monoisotopic (exact) mass is 451 g/mol. The second-order valence-corrected chi connectivity index (χ2v) is 8.67. The lowest BCUT2D eigenvalue weighted by atomic mass is 10.1. The number of aliphatic hydroxyl groups excluding tert-OH is 1. The fourth-order valence-corrected chi connectivity index (χ4v) is 3.62. The minimum absolute atomic E-state index is 0.00638. The smallest absolute Gasteiger partial charge is 0.220 e. The van der Waals surface area contributed by atoms with E-state index in [2.05, 4.69) is 53.7 Å². The molecule has 0 heterocycles. The van der Waals surface area contributed by atoms with Gasteiger partial charge in [0.1, 0.15) is 0 Å². The van der Waals surface area contributed by atoms with Crippen molar-refractivity contribution >= 4 is 11.8 Å². The number of carbonyl (C=O) groups is 2. The molecule has 6 nitrogen and oxygen atoms in total. The van der Waals surface area contributed by atoms with Crippen molar-refractivity contribution in [3.8, 4) is 0 Å². The molecule has 0 saturated carbocycles. The van der Waals surface area contributed by atoms with E-state index < -0.39 is 0 Å². The Balaban J connectivity index is 4.18. The second-order valence-electron chi connectivity index (χ2n) is 8.67. The number of unbranched alkanes of at least 4 members (excludes halogenated alkanes) is 4. The molecule has 3 N–H and O–H groups in total. The maximum atomic E-state index is 12.2. The number of aliphatic hydroxyl groups is 1. The third-order valence-electron chi connectivity index (χ3n) is 5.15. The van der Waals surface area contributed by atoms with Crippen LogP contribution in [0.2, 0.25) is 0 Å². The van der Waals surface area contributed by atoms with Crippen molar-refractivity contribution in [3.05, 3.63) is 24.3 Å². The van der Waals surface area contributed by atoms with Crippen LogP contribution in [0.1, 0.15) is 91.9 Å². The van der Waals surface area contributed by atoms with E-state index in [-0.39, 0.29) is 30.5 Å². The van der Waals surface area contributed by atoms with Gasteiger partial charge >= 0.3 is 0 Å². The Hall–Kier alpha value is -1.66. The third kappa shape index (κ3) is 19.1. The van der Waals surface area contributed by atoms with Crippen LogP contribution >= 0.6 is 0 Å². The van der Waals surface area contributed by atoms with Gasteiger partial charge in [-0.25, -0.2) is 0 Å². The normalized spacial score (nSPS) is 13.7. The fourth-order valence-electron chi connectivity index (χ4n) is 3.62. The van der Waals surface area contributed by atoms with E-state index in [0.29, 0.717) is 32.5 Å². The molecule has 0 aromatic heterocycles. The highest BCUT2D eigenvalue weighted by atomic mass is 16.3.